The number of ether oxygens (including phenoxy) is 1. The summed E-state index contributed by atoms with van der Waals surface area (Å²) in [5.41, 5.74) is 2.23. The Morgan fingerprint density at radius 1 is 1.04 bits per heavy atom. The highest BCUT2D eigenvalue weighted by Gasteiger charge is 2.19. The molecule has 3 aromatic carbocycles. The largest absolute Gasteiger partial charge is 0.481 e. The minimum atomic E-state index is -0.616. The maximum atomic E-state index is 12.6. The van der Waals surface area contributed by atoms with Gasteiger partial charge in [0.1, 0.15) is 16.9 Å². The molecule has 1 aromatic heterocycles. The van der Waals surface area contributed by atoms with Crippen molar-refractivity contribution < 1.29 is 13.9 Å². The Labute approximate surface area is 161 Å². The molecule has 136 valence electrons. The van der Waals surface area contributed by atoms with Crippen LogP contribution in [-0.4, -0.2) is 12.0 Å². The number of para-hydroxylation sites is 1. The molecule has 5 heteroatoms. The summed E-state index contributed by atoms with van der Waals surface area (Å²) in [6.45, 7) is 1.90. The molecule has 0 saturated carbocycles. The van der Waals surface area contributed by atoms with Crippen LogP contribution in [0.2, 0.25) is 5.02 Å². The zero-order chi connectivity index (χ0) is 18.8. The van der Waals surface area contributed by atoms with Crippen molar-refractivity contribution in [2.45, 2.75) is 19.4 Å². The molecule has 0 aliphatic carbocycles. The summed E-state index contributed by atoms with van der Waals surface area (Å²) in [7, 11) is 0. The molecule has 0 radical (unpaired) electrons. The smallest absolute Gasteiger partial charge is 0.265 e. The fourth-order valence-electron chi connectivity index (χ4n) is 3.05. The molecular formula is C22H18ClNO3. The van der Waals surface area contributed by atoms with Gasteiger partial charge in [-0.3, -0.25) is 4.79 Å². The zero-order valence-corrected chi connectivity index (χ0v) is 15.5. The fourth-order valence-corrected chi connectivity index (χ4v) is 3.23. The molecule has 4 aromatic rings. The molecule has 1 heterocycles. The third kappa shape index (κ3) is 3.62. The van der Waals surface area contributed by atoms with E-state index in [9.17, 15) is 4.79 Å². The lowest BCUT2D eigenvalue weighted by atomic mass is 10.1. The minimum absolute atomic E-state index is 0.215. The topological polar surface area (TPSA) is 51.5 Å². The Kier molecular flexibility index (Phi) is 4.73. The van der Waals surface area contributed by atoms with Crippen molar-refractivity contribution in [1.82, 2.24) is 0 Å². The first-order chi connectivity index (χ1) is 13.1. The van der Waals surface area contributed by atoms with Crippen LogP contribution in [0.15, 0.2) is 71.1 Å². The van der Waals surface area contributed by atoms with E-state index in [4.69, 9.17) is 20.8 Å². The number of rotatable bonds is 5. The Morgan fingerprint density at radius 2 is 1.85 bits per heavy atom. The molecule has 1 N–H and O–H groups in total. The number of nitrogens with one attached hydrogen (secondary N) is 1. The Bertz CT molecular complexity index is 1120. The first kappa shape index (κ1) is 17.4. The summed E-state index contributed by atoms with van der Waals surface area (Å²) >= 11 is 5.98. The molecule has 0 spiro atoms. The standard InChI is InChI=1S/C22H18ClNO3/c1-2-19(26-16-7-5-6-14(23)12-16)22(25)24-15-10-11-18-17-8-3-4-9-20(17)27-21(18)13-15/h3-13,19H,2H2,1H3,(H,24,25)/t19-/m1/s1. The van der Waals surface area contributed by atoms with E-state index in [1.54, 1.807) is 24.3 Å². The van der Waals surface area contributed by atoms with Crippen molar-refractivity contribution in [2.75, 3.05) is 5.32 Å². The molecule has 0 aliphatic heterocycles. The van der Waals surface area contributed by atoms with Crippen molar-refractivity contribution in [3.8, 4) is 5.75 Å². The fraction of sp³-hybridized carbons (Fsp3) is 0.136. The molecule has 1 atom stereocenters. The van der Waals surface area contributed by atoms with Gasteiger partial charge in [-0.2, -0.15) is 0 Å². The summed E-state index contributed by atoms with van der Waals surface area (Å²) < 4.78 is 11.7. The van der Waals surface area contributed by atoms with E-state index in [1.807, 2.05) is 49.4 Å². The number of hydrogen-bond donors (Lipinski definition) is 1. The van der Waals surface area contributed by atoms with Gasteiger partial charge < -0.3 is 14.5 Å². The maximum Gasteiger partial charge on any atom is 0.265 e. The van der Waals surface area contributed by atoms with E-state index < -0.39 is 6.10 Å². The molecule has 0 fully saturated rings. The highest BCUT2D eigenvalue weighted by Crippen LogP contribution is 2.30. The third-order valence-corrected chi connectivity index (χ3v) is 4.62. The van der Waals surface area contributed by atoms with Crippen molar-refractivity contribution in [2.24, 2.45) is 0 Å². The van der Waals surface area contributed by atoms with Crippen LogP contribution < -0.4 is 10.1 Å². The lowest BCUT2D eigenvalue weighted by Gasteiger charge is -2.17. The van der Waals surface area contributed by atoms with Crippen molar-refractivity contribution in [3.05, 3.63) is 71.8 Å². The maximum absolute atomic E-state index is 12.6. The SMILES string of the molecule is CC[C@@H](Oc1cccc(Cl)c1)C(=O)Nc1ccc2c(c1)oc1ccccc12. The molecule has 0 saturated heterocycles. The van der Waals surface area contributed by atoms with Gasteiger partial charge in [-0.05, 0) is 42.8 Å². The van der Waals surface area contributed by atoms with Crippen molar-refractivity contribution in [1.29, 1.82) is 0 Å². The highest BCUT2D eigenvalue weighted by atomic mass is 35.5. The van der Waals surface area contributed by atoms with Crippen LogP contribution in [0.1, 0.15) is 13.3 Å². The van der Waals surface area contributed by atoms with Gasteiger partial charge in [0.05, 0.1) is 0 Å². The summed E-state index contributed by atoms with van der Waals surface area (Å²) in [6.07, 6.45) is -0.0829. The molecule has 0 unspecified atom stereocenters. The Morgan fingerprint density at radius 3 is 2.67 bits per heavy atom. The van der Waals surface area contributed by atoms with Crippen LogP contribution in [0.25, 0.3) is 21.9 Å². The van der Waals surface area contributed by atoms with Crippen LogP contribution in [0.5, 0.6) is 5.75 Å². The van der Waals surface area contributed by atoms with Gasteiger partial charge in [0.2, 0.25) is 0 Å². The van der Waals surface area contributed by atoms with Gasteiger partial charge in [-0.15, -0.1) is 0 Å². The molecule has 4 nitrogen and oxygen atoms in total. The van der Waals surface area contributed by atoms with Crippen LogP contribution in [0, 0.1) is 0 Å². The zero-order valence-electron chi connectivity index (χ0n) is 14.7. The van der Waals surface area contributed by atoms with Crippen LogP contribution >= 0.6 is 11.6 Å². The number of benzene rings is 3. The Hall–Kier alpha value is -2.98. The Balaban J connectivity index is 1.54. The number of halogens is 1. The summed E-state index contributed by atoms with van der Waals surface area (Å²) in [5, 5.41) is 5.55. The van der Waals surface area contributed by atoms with E-state index in [-0.39, 0.29) is 5.91 Å². The van der Waals surface area contributed by atoms with Gasteiger partial charge >= 0.3 is 0 Å². The van der Waals surface area contributed by atoms with E-state index >= 15 is 0 Å². The second-order valence-electron chi connectivity index (χ2n) is 6.27. The normalized spacial score (nSPS) is 12.2. The molecular weight excluding hydrogens is 362 g/mol. The van der Waals surface area contributed by atoms with Crippen LogP contribution in [-0.2, 0) is 4.79 Å². The second-order valence-corrected chi connectivity index (χ2v) is 6.71. The summed E-state index contributed by atoms with van der Waals surface area (Å²) in [4.78, 5) is 12.6. The molecule has 4 rings (SSSR count). The van der Waals surface area contributed by atoms with Crippen LogP contribution in [0.3, 0.4) is 0 Å². The van der Waals surface area contributed by atoms with Crippen molar-refractivity contribution >= 4 is 45.1 Å². The number of anilines is 1. The van der Waals surface area contributed by atoms with Crippen molar-refractivity contribution in [3.63, 3.8) is 0 Å². The monoisotopic (exact) mass is 379 g/mol. The molecule has 0 bridgehead atoms. The van der Waals surface area contributed by atoms with E-state index in [0.29, 0.717) is 22.9 Å². The van der Waals surface area contributed by atoms with E-state index in [2.05, 4.69) is 5.32 Å². The number of carbonyl (C=O) groups excluding carboxylic acids is 1. The average Bonchev–Trinajstić information content (AvgIpc) is 3.03. The average molecular weight is 380 g/mol. The number of carbonyl (C=O) groups is 1. The highest BCUT2D eigenvalue weighted by molar-refractivity contribution is 6.30. The van der Waals surface area contributed by atoms with Gasteiger partial charge in [-0.25, -0.2) is 0 Å². The first-order valence-electron chi connectivity index (χ1n) is 8.78. The number of amides is 1. The van der Waals surface area contributed by atoms with E-state index in [1.165, 1.54) is 0 Å². The predicted octanol–water partition coefficient (Wildman–Crippen LogP) is 6.04. The lowest BCUT2D eigenvalue weighted by molar-refractivity contribution is -0.122. The summed E-state index contributed by atoms with van der Waals surface area (Å²) in [6, 6.07) is 20.5. The van der Waals surface area contributed by atoms with Gasteiger partial charge in [0.25, 0.3) is 5.91 Å². The number of fused-ring (bicyclic) bond motifs is 3. The van der Waals surface area contributed by atoms with Gasteiger partial charge in [0, 0.05) is 27.5 Å². The first-order valence-corrected chi connectivity index (χ1v) is 9.16. The number of furan rings is 1. The number of hydrogen-bond acceptors (Lipinski definition) is 3. The van der Waals surface area contributed by atoms with Crippen LogP contribution in [0.4, 0.5) is 5.69 Å². The molecule has 1 amide bonds. The van der Waals surface area contributed by atoms with Gasteiger partial charge in [0.15, 0.2) is 6.10 Å². The van der Waals surface area contributed by atoms with E-state index in [0.717, 1.165) is 21.9 Å². The van der Waals surface area contributed by atoms with Gasteiger partial charge in [-0.1, -0.05) is 42.8 Å². The second kappa shape index (κ2) is 7.33. The molecule has 0 aliphatic rings. The summed E-state index contributed by atoms with van der Waals surface area (Å²) in [5.74, 6) is 0.352. The lowest BCUT2D eigenvalue weighted by Crippen LogP contribution is -2.32. The molecule has 27 heavy (non-hydrogen) atoms. The predicted molar refractivity (Wildman–Crippen MR) is 109 cm³/mol. The minimum Gasteiger partial charge on any atom is -0.481 e. The quantitative estimate of drug-likeness (QED) is 0.460. The third-order valence-electron chi connectivity index (χ3n) is 4.38.